The number of hydrogen-bond donors (Lipinski definition) is 1. The summed E-state index contributed by atoms with van der Waals surface area (Å²) in [5, 5.41) is 3.56. The zero-order valence-corrected chi connectivity index (χ0v) is 13.9. The van der Waals surface area contributed by atoms with Crippen LogP contribution >= 0.6 is 11.6 Å². The fraction of sp³-hybridized carbons (Fsp3) is 0.562. The van der Waals surface area contributed by atoms with Gasteiger partial charge < -0.3 is 14.8 Å². The van der Waals surface area contributed by atoms with E-state index >= 15 is 0 Å². The number of hydrogen-bond acceptors (Lipinski definition) is 3. The van der Waals surface area contributed by atoms with Crippen LogP contribution in [0.2, 0.25) is 5.02 Å². The molecule has 1 amide bonds. The van der Waals surface area contributed by atoms with E-state index in [0.29, 0.717) is 25.5 Å². The van der Waals surface area contributed by atoms with Crippen LogP contribution in [0, 0.1) is 13.8 Å². The summed E-state index contributed by atoms with van der Waals surface area (Å²) in [6.07, 6.45) is 0.253. The summed E-state index contributed by atoms with van der Waals surface area (Å²) < 4.78 is 10.9. The molecule has 1 unspecified atom stereocenters. The first-order valence-corrected chi connectivity index (χ1v) is 7.62. The van der Waals surface area contributed by atoms with Gasteiger partial charge in [0.15, 0.2) is 6.10 Å². The van der Waals surface area contributed by atoms with Gasteiger partial charge in [-0.15, -0.1) is 0 Å². The van der Waals surface area contributed by atoms with Gasteiger partial charge in [0.1, 0.15) is 5.75 Å². The molecule has 1 rings (SSSR count). The lowest BCUT2D eigenvalue weighted by molar-refractivity contribution is -0.127. The third-order valence-electron chi connectivity index (χ3n) is 3.06. The van der Waals surface area contributed by atoms with Crippen molar-refractivity contribution >= 4 is 17.5 Å². The quantitative estimate of drug-likeness (QED) is 0.749. The maximum Gasteiger partial charge on any atom is 0.260 e. The van der Waals surface area contributed by atoms with Crippen molar-refractivity contribution < 1.29 is 14.3 Å². The summed E-state index contributed by atoms with van der Waals surface area (Å²) >= 11 is 6.11. The van der Waals surface area contributed by atoms with Crippen molar-refractivity contribution in [2.45, 2.75) is 40.2 Å². The van der Waals surface area contributed by atoms with E-state index in [2.05, 4.69) is 5.32 Å². The SMILES string of the molecule is CCOCCCNC(=O)C(C)Oc1cc(C)c(Cl)c(C)c1. The molecule has 0 saturated carbocycles. The smallest absolute Gasteiger partial charge is 0.260 e. The Balaban J connectivity index is 2.45. The second-order valence-electron chi connectivity index (χ2n) is 4.97. The minimum atomic E-state index is -0.544. The molecular formula is C16H24ClNO3. The van der Waals surface area contributed by atoms with Gasteiger partial charge in [0, 0.05) is 24.8 Å². The Kier molecular flexibility index (Phi) is 7.54. The van der Waals surface area contributed by atoms with Crippen molar-refractivity contribution in [1.29, 1.82) is 0 Å². The van der Waals surface area contributed by atoms with Crippen LogP contribution < -0.4 is 10.1 Å². The highest BCUT2D eigenvalue weighted by Gasteiger charge is 2.15. The average molecular weight is 314 g/mol. The first kappa shape index (κ1) is 17.8. The number of amides is 1. The predicted octanol–water partition coefficient (Wildman–Crippen LogP) is 3.27. The van der Waals surface area contributed by atoms with Crippen LogP contribution in [0.25, 0.3) is 0 Å². The predicted molar refractivity (Wildman–Crippen MR) is 85.1 cm³/mol. The molecule has 5 heteroatoms. The molecule has 1 atom stereocenters. The lowest BCUT2D eigenvalue weighted by Crippen LogP contribution is -2.37. The normalized spacial score (nSPS) is 12.0. The van der Waals surface area contributed by atoms with Gasteiger partial charge in [-0.1, -0.05) is 11.6 Å². The molecule has 0 saturated heterocycles. The van der Waals surface area contributed by atoms with E-state index in [-0.39, 0.29) is 5.91 Å². The third kappa shape index (κ3) is 5.94. The Labute approximate surface area is 131 Å². The lowest BCUT2D eigenvalue weighted by atomic mass is 10.1. The maximum absolute atomic E-state index is 11.9. The van der Waals surface area contributed by atoms with E-state index in [4.69, 9.17) is 21.1 Å². The topological polar surface area (TPSA) is 47.6 Å². The Morgan fingerprint density at radius 2 is 1.95 bits per heavy atom. The second kappa shape index (κ2) is 8.90. The number of carbonyl (C=O) groups is 1. The summed E-state index contributed by atoms with van der Waals surface area (Å²) in [5.74, 6) is 0.531. The molecule has 0 spiro atoms. The Morgan fingerprint density at radius 1 is 1.33 bits per heavy atom. The van der Waals surface area contributed by atoms with Crippen molar-refractivity contribution in [3.05, 3.63) is 28.3 Å². The molecule has 0 aromatic heterocycles. The molecule has 1 N–H and O–H groups in total. The lowest BCUT2D eigenvalue weighted by Gasteiger charge is -2.16. The molecule has 118 valence electrons. The van der Waals surface area contributed by atoms with Gasteiger partial charge in [0.2, 0.25) is 0 Å². The minimum absolute atomic E-state index is 0.128. The highest BCUT2D eigenvalue weighted by Crippen LogP contribution is 2.26. The first-order valence-electron chi connectivity index (χ1n) is 7.24. The number of nitrogens with one attached hydrogen (secondary N) is 1. The molecule has 21 heavy (non-hydrogen) atoms. The van der Waals surface area contributed by atoms with Gasteiger partial charge in [-0.25, -0.2) is 0 Å². The average Bonchev–Trinajstić information content (AvgIpc) is 2.44. The fourth-order valence-electron chi connectivity index (χ4n) is 1.91. The molecule has 1 aromatic rings. The van der Waals surface area contributed by atoms with Crippen LogP contribution in [0.3, 0.4) is 0 Å². The molecule has 4 nitrogen and oxygen atoms in total. The summed E-state index contributed by atoms with van der Waals surface area (Å²) in [7, 11) is 0. The molecule has 0 aliphatic carbocycles. The van der Waals surface area contributed by atoms with Gasteiger partial charge in [-0.3, -0.25) is 4.79 Å². The minimum Gasteiger partial charge on any atom is -0.481 e. The van der Waals surface area contributed by atoms with Crippen molar-refractivity contribution in [3.63, 3.8) is 0 Å². The molecule has 0 heterocycles. The van der Waals surface area contributed by atoms with Crippen LogP contribution in [0.5, 0.6) is 5.75 Å². The number of carbonyl (C=O) groups excluding carboxylic acids is 1. The standard InChI is InChI=1S/C16H24ClNO3/c1-5-20-8-6-7-18-16(19)13(4)21-14-9-11(2)15(17)12(3)10-14/h9-10,13H,5-8H2,1-4H3,(H,18,19). The molecule has 0 radical (unpaired) electrons. The molecule has 0 aliphatic heterocycles. The van der Waals surface area contributed by atoms with E-state index in [0.717, 1.165) is 22.6 Å². The second-order valence-corrected chi connectivity index (χ2v) is 5.35. The Hall–Kier alpha value is -1.26. The molecule has 0 bridgehead atoms. The van der Waals surface area contributed by atoms with Gasteiger partial charge in [0.25, 0.3) is 5.91 Å². The molecule has 1 aromatic carbocycles. The summed E-state index contributed by atoms with van der Waals surface area (Å²) in [4.78, 5) is 11.9. The molecule has 0 fully saturated rings. The summed E-state index contributed by atoms with van der Waals surface area (Å²) in [5.41, 5.74) is 1.88. The third-order valence-corrected chi connectivity index (χ3v) is 3.66. The Bertz CT molecular complexity index is 454. The summed E-state index contributed by atoms with van der Waals surface area (Å²) in [6.45, 7) is 9.46. The van der Waals surface area contributed by atoms with Gasteiger partial charge in [-0.05, 0) is 57.4 Å². The first-order chi connectivity index (χ1) is 9.95. The van der Waals surface area contributed by atoms with Crippen molar-refractivity contribution in [2.75, 3.05) is 19.8 Å². The van der Waals surface area contributed by atoms with E-state index < -0.39 is 6.10 Å². The largest absolute Gasteiger partial charge is 0.481 e. The van der Waals surface area contributed by atoms with Gasteiger partial charge in [0.05, 0.1) is 0 Å². The van der Waals surface area contributed by atoms with Crippen LogP contribution in [0.4, 0.5) is 0 Å². The highest BCUT2D eigenvalue weighted by molar-refractivity contribution is 6.32. The van der Waals surface area contributed by atoms with Crippen molar-refractivity contribution in [1.82, 2.24) is 5.32 Å². The van der Waals surface area contributed by atoms with E-state index in [9.17, 15) is 4.79 Å². The number of halogens is 1. The van der Waals surface area contributed by atoms with Crippen LogP contribution in [-0.2, 0) is 9.53 Å². The zero-order valence-electron chi connectivity index (χ0n) is 13.2. The zero-order chi connectivity index (χ0) is 15.8. The van der Waals surface area contributed by atoms with E-state index in [1.54, 1.807) is 6.92 Å². The van der Waals surface area contributed by atoms with Crippen molar-refractivity contribution in [3.8, 4) is 5.75 Å². The van der Waals surface area contributed by atoms with E-state index in [1.165, 1.54) is 0 Å². The number of ether oxygens (including phenoxy) is 2. The molecular weight excluding hydrogens is 290 g/mol. The van der Waals surface area contributed by atoms with E-state index in [1.807, 2.05) is 32.9 Å². The fourth-order valence-corrected chi connectivity index (χ4v) is 2.01. The van der Waals surface area contributed by atoms with Crippen LogP contribution in [-0.4, -0.2) is 31.8 Å². The number of aryl methyl sites for hydroxylation is 2. The maximum atomic E-state index is 11.9. The molecule has 0 aliphatic rings. The van der Waals surface area contributed by atoms with Crippen molar-refractivity contribution in [2.24, 2.45) is 0 Å². The Morgan fingerprint density at radius 3 is 2.52 bits per heavy atom. The number of benzene rings is 1. The summed E-state index contributed by atoms with van der Waals surface area (Å²) in [6, 6.07) is 3.68. The van der Waals surface area contributed by atoms with Gasteiger partial charge in [-0.2, -0.15) is 0 Å². The monoisotopic (exact) mass is 313 g/mol. The van der Waals surface area contributed by atoms with Crippen LogP contribution in [0.1, 0.15) is 31.4 Å². The highest BCUT2D eigenvalue weighted by atomic mass is 35.5. The number of rotatable bonds is 8. The van der Waals surface area contributed by atoms with Gasteiger partial charge >= 0.3 is 0 Å². The van der Waals surface area contributed by atoms with Crippen LogP contribution in [0.15, 0.2) is 12.1 Å².